The van der Waals surface area contributed by atoms with Crippen LogP contribution in [0.4, 0.5) is 0 Å². The second-order valence-electron chi connectivity index (χ2n) is 6.80. The average molecular weight is 385 g/mol. The first-order chi connectivity index (χ1) is 13.1. The molecule has 0 saturated carbocycles. The fourth-order valence-corrected chi connectivity index (χ4v) is 1.96. The van der Waals surface area contributed by atoms with Gasteiger partial charge in [0.05, 0.1) is 0 Å². The Bertz CT molecular complexity index is 255. The molecule has 0 aromatic rings. The third-order valence-corrected chi connectivity index (χ3v) is 3.82. The van der Waals surface area contributed by atoms with E-state index in [1.807, 2.05) is 19.9 Å². The number of Topliss-reactive ketones (excluding diaryl/α,β-unsaturated/α-hetero) is 1. The van der Waals surface area contributed by atoms with Crippen LogP contribution in [0, 0.1) is 0 Å². The Labute approximate surface area is 172 Å². The molecule has 0 aromatic carbocycles. The first kappa shape index (κ1) is 33.6. The molecule has 0 radical (unpaired) electrons. The highest BCUT2D eigenvalue weighted by atomic mass is 16.1. The molecule has 0 saturated heterocycles. The Morgan fingerprint density at radius 2 is 1.15 bits per heavy atom. The molecule has 0 aliphatic rings. The van der Waals surface area contributed by atoms with Crippen molar-refractivity contribution in [2.45, 2.75) is 138 Å². The summed E-state index contributed by atoms with van der Waals surface area (Å²) >= 11 is 0. The first-order valence-corrected chi connectivity index (χ1v) is 11.6. The highest BCUT2D eigenvalue weighted by Crippen LogP contribution is 1.99. The number of ketones is 1. The van der Waals surface area contributed by atoms with Crippen molar-refractivity contribution in [1.29, 1.82) is 0 Å². The molecule has 2 nitrogen and oxygen atoms in total. The van der Waals surface area contributed by atoms with E-state index in [0.29, 0.717) is 12.2 Å². The van der Waals surface area contributed by atoms with Gasteiger partial charge in [-0.1, -0.05) is 105 Å². The predicted octanol–water partition coefficient (Wildman–Crippen LogP) is 8.87. The van der Waals surface area contributed by atoms with Gasteiger partial charge in [-0.3, -0.25) is 4.79 Å². The molecule has 0 heterocycles. The van der Waals surface area contributed by atoms with Gasteiger partial charge < -0.3 is 4.79 Å². The summed E-state index contributed by atoms with van der Waals surface area (Å²) in [5, 5.41) is 0. The van der Waals surface area contributed by atoms with Crippen LogP contribution in [-0.2, 0) is 9.59 Å². The van der Waals surface area contributed by atoms with Gasteiger partial charge in [0, 0.05) is 19.3 Å². The van der Waals surface area contributed by atoms with E-state index in [0.717, 1.165) is 32.0 Å². The minimum absolute atomic E-state index is 0.377. The van der Waals surface area contributed by atoms with E-state index < -0.39 is 0 Å². The SMILES string of the molecule is C=CCCCC.CCCC(=O)CC.CCCCCC.CCCCCCC=O. The van der Waals surface area contributed by atoms with Crippen molar-refractivity contribution < 1.29 is 9.59 Å². The standard InChI is InChI=1S/C7H14O.C6H12O.C6H14.C6H12/c1-2-3-4-5-6-7-8;1-3-5-6(7)4-2;2*1-3-5-6-4-2/h7H,2-6H2,1H3;3-5H2,1-2H3;3-6H2,1-2H3;3H,1,4-6H2,2H3. The number of carbonyl (C=O) groups is 2. The Morgan fingerprint density at radius 3 is 1.41 bits per heavy atom. The van der Waals surface area contributed by atoms with E-state index in [9.17, 15) is 9.59 Å². The zero-order valence-corrected chi connectivity index (χ0v) is 19.8. The molecule has 0 N–H and O–H groups in total. The number of hydrogen-bond acceptors (Lipinski definition) is 2. The van der Waals surface area contributed by atoms with Gasteiger partial charge in [-0.15, -0.1) is 6.58 Å². The molecule has 0 aliphatic carbocycles. The van der Waals surface area contributed by atoms with Gasteiger partial charge in [-0.25, -0.2) is 0 Å². The van der Waals surface area contributed by atoms with E-state index >= 15 is 0 Å². The fraction of sp³-hybridized carbons (Fsp3) is 0.840. The molecule has 0 rings (SSSR count). The number of allylic oxidation sites excluding steroid dienone is 1. The van der Waals surface area contributed by atoms with Crippen molar-refractivity contribution >= 4 is 12.1 Å². The van der Waals surface area contributed by atoms with E-state index in [1.165, 1.54) is 64.2 Å². The molecule has 0 spiro atoms. The lowest BCUT2D eigenvalue weighted by Crippen LogP contribution is -1.91. The lowest BCUT2D eigenvalue weighted by atomic mass is 10.2. The highest BCUT2D eigenvalue weighted by molar-refractivity contribution is 5.77. The van der Waals surface area contributed by atoms with Gasteiger partial charge in [0.15, 0.2) is 0 Å². The molecule has 27 heavy (non-hydrogen) atoms. The van der Waals surface area contributed by atoms with Crippen LogP contribution in [0.3, 0.4) is 0 Å². The molecule has 0 amide bonds. The number of rotatable bonds is 14. The first-order valence-electron chi connectivity index (χ1n) is 11.6. The summed E-state index contributed by atoms with van der Waals surface area (Å²) in [5.74, 6) is 0.377. The Morgan fingerprint density at radius 1 is 0.667 bits per heavy atom. The summed E-state index contributed by atoms with van der Waals surface area (Å²) in [6.07, 6.45) is 20.3. The molecule has 0 aliphatic heterocycles. The molecule has 0 fully saturated rings. The Kier molecular flexibility index (Phi) is 49.8. The molecule has 0 bridgehead atoms. The number of hydrogen-bond donors (Lipinski definition) is 0. The van der Waals surface area contributed by atoms with Gasteiger partial charge in [-0.05, 0) is 19.3 Å². The van der Waals surface area contributed by atoms with Crippen molar-refractivity contribution in [1.82, 2.24) is 0 Å². The van der Waals surface area contributed by atoms with Crippen LogP contribution in [0.15, 0.2) is 12.7 Å². The van der Waals surface area contributed by atoms with Gasteiger partial charge in [0.25, 0.3) is 0 Å². The second kappa shape index (κ2) is 39.9. The maximum Gasteiger partial charge on any atom is 0.132 e. The van der Waals surface area contributed by atoms with Crippen LogP contribution in [0.2, 0.25) is 0 Å². The zero-order chi connectivity index (χ0) is 21.6. The van der Waals surface area contributed by atoms with Gasteiger partial charge in [0.2, 0.25) is 0 Å². The number of aldehydes is 1. The van der Waals surface area contributed by atoms with Gasteiger partial charge in [0.1, 0.15) is 12.1 Å². The van der Waals surface area contributed by atoms with E-state index in [4.69, 9.17) is 0 Å². The summed E-state index contributed by atoms with van der Waals surface area (Å²) in [4.78, 5) is 20.2. The van der Waals surface area contributed by atoms with Gasteiger partial charge in [-0.2, -0.15) is 0 Å². The quantitative estimate of drug-likeness (QED) is 0.170. The summed E-state index contributed by atoms with van der Waals surface area (Å²) in [6.45, 7) is 16.3. The Hall–Kier alpha value is -0.920. The van der Waals surface area contributed by atoms with Gasteiger partial charge >= 0.3 is 0 Å². The van der Waals surface area contributed by atoms with Crippen LogP contribution in [-0.4, -0.2) is 12.1 Å². The van der Waals surface area contributed by atoms with Crippen LogP contribution in [0.5, 0.6) is 0 Å². The second-order valence-corrected chi connectivity index (χ2v) is 6.80. The maximum absolute atomic E-state index is 10.4. The van der Waals surface area contributed by atoms with Crippen LogP contribution in [0.1, 0.15) is 138 Å². The molecule has 2 heteroatoms. The molecular weight excluding hydrogens is 332 g/mol. The summed E-state index contributed by atoms with van der Waals surface area (Å²) < 4.78 is 0. The van der Waals surface area contributed by atoms with Crippen molar-refractivity contribution in [3.8, 4) is 0 Å². The summed E-state index contributed by atoms with van der Waals surface area (Å²) in [7, 11) is 0. The lowest BCUT2D eigenvalue weighted by Gasteiger charge is -1.90. The minimum atomic E-state index is 0.377. The third-order valence-electron chi connectivity index (χ3n) is 3.82. The van der Waals surface area contributed by atoms with Crippen molar-refractivity contribution in [3.63, 3.8) is 0 Å². The number of carbonyl (C=O) groups excluding carboxylic acids is 2. The summed E-state index contributed by atoms with van der Waals surface area (Å²) in [6, 6.07) is 0. The monoisotopic (exact) mass is 384 g/mol. The largest absolute Gasteiger partial charge is 0.303 e. The third kappa shape index (κ3) is 58.7. The fourth-order valence-electron chi connectivity index (χ4n) is 1.96. The van der Waals surface area contributed by atoms with Crippen molar-refractivity contribution in [2.24, 2.45) is 0 Å². The minimum Gasteiger partial charge on any atom is -0.303 e. The molecule has 0 unspecified atom stereocenters. The zero-order valence-electron chi connectivity index (χ0n) is 19.8. The van der Waals surface area contributed by atoms with Crippen LogP contribution in [0.25, 0.3) is 0 Å². The molecule has 0 aromatic heterocycles. The van der Waals surface area contributed by atoms with Crippen molar-refractivity contribution in [3.05, 3.63) is 12.7 Å². The predicted molar refractivity (Wildman–Crippen MR) is 125 cm³/mol. The molecule has 164 valence electrons. The van der Waals surface area contributed by atoms with Crippen LogP contribution < -0.4 is 0 Å². The Balaban J connectivity index is -0.000000132. The normalized spacial score (nSPS) is 8.81. The van der Waals surface area contributed by atoms with E-state index in [-0.39, 0.29) is 0 Å². The smallest absolute Gasteiger partial charge is 0.132 e. The van der Waals surface area contributed by atoms with E-state index in [2.05, 4.69) is 34.3 Å². The average Bonchev–Trinajstić information content (AvgIpc) is 2.69. The van der Waals surface area contributed by atoms with Crippen LogP contribution >= 0.6 is 0 Å². The topological polar surface area (TPSA) is 34.1 Å². The molecular formula is C25H52O2. The molecule has 0 atom stereocenters. The van der Waals surface area contributed by atoms with E-state index in [1.54, 1.807) is 0 Å². The summed E-state index contributed by atoms with van der Waals surface area (Å²) in [5.41, 5.74) is 0. The maximum atomic E-state index is 10.4. The highest BCUT2D eigenvalue weighted by Gasteiger charge is 1.91. The number of unbranched alkanes of at least 4 members (excludes halogenated alkanes) is 9. The van der Waals surface area contributed by atoms with Crippen molar-refractivity contribution in [2.75, 3.05) is 0 Å². The lowest BCUT2D eigenvalue weighted by molar-refractivity contribution is -0.118.